The summed E-state index contributed by atoms with van der Waals surface area (Å²) >= 11 is 0. The fraction of sp³-hybridized carbons (Fsp3) is 0.778. The third-order valence-corrected chi connectivity index (χ3v) is 5.23. The summed E-state index contributed by atoms with van der Waals surface area (Å²) in [6.07, 6.45) is 5.04. The fourth-order valence-electron chi connectivity index (χ4n) is 4.18. The lowest BCUT2D eigenvalue weighted by Crippen LogP contribution is -2.45. The Morgan fingerprint density at radius 1 is 1.13 bits per heavy atom. The summed E-state index contributed by atoms with van der Waals surface area (Å²) in [5, 5.41) is 3.04. The van der Waals surface area contributed by atoms with Crippen molar-refractivity contribution in [3.63, 3.8) is 0 Å². The fourth-order valence-corrected chi connectivity index (χ4v) is 4.18. The number of nitrogens with one attached hydrogen (secondary N) is 1. The molecule has 1 saturated carbocycles. The number of amides is 1. The number of hydrogen-bond acceptors (Lipinski definition) is 4. The van der Waals surface area contributed by atoms with Gasteiger partial charge in [-0.1, -0.05) is 12.2 Å². The van der Waals surface area contributed by atoms with Gasteiger partial charge in [-0.05, 0) is 46.0 Å². The number of rotatable bonds is 7. The molecule has 0 aromatic heterocycles. The van der Waals surface area contributed by atoms with Crippen LogP contribution in [0.4, 0.5) is 0 Å². The molecule has 0 radical (unpaired) electrons. The van der Waals surface area contributed by atoms with Gasteiger partial charge in [0.15, 0.2) is 0 Å². The highest BCUT2D eigenvalue weighted by molar-refractivity contribution is 5.87. The molecule has 0 spiro atoms. The third-order valence-electron chi connectivity index (χ3n) is 5.23. The van der Waals surface area contributed by atoms with Gasteiger partial charge in [0.2, 0.25) is 5.91 Å². The maximum Gasteiger partial charge on any atom is 0.310 e. The first-order chi connectivity index (χ1) is 10.9. The highest BCUT2D eigenvalue weighted by Gasteiger charge is 2.51. The van der Waals surface area contributed by atoms with Crippen molar-refractivity contribution in [1.29, 1.82) is 0 Å². The van der Waals surface area contributed by atoms with Crippen LogP contribution in [-0.2, 0) is 14.3 Å². The van der Waals surface area contributed by atoms with Gasteiger partial charge in [-0.25, -0.2) is 0 Å². The second-order valence-corrected chi connectivity index (χ2v) is 7.24. The maximum absolute atomic E-state index is 12.6. The second kappa shape index (κ2) is 7.47. The second-order valence-electron chi connectivity index (χ2n) is 7.24. The highest BCUT2D eigenvalue weighted by Crippen LogP contribution is 2.48. The summed E-state index contributed by atoms with van der Waals surface area (Å²) in [6.45, 7) is 10.1. The molecule has 0 heterocycles. The topological polar surface area (TPSA) is 58.6 Å². The first kappa shape index (κ1) is 18.0. The van der Waals surface area contributed by atoms with Crippen LogP contribution in [0.25, 0.3) is 0 Å². The number of fused-ring (bicyclic) bond motifs is 2. The summed E-state index contributed by atoms with van der Waals surface area (Å²) in [7, 11) is 1.40. The Kier molecular flexibility index (Phi) is 5.84. The lowest BCUT2D eigenvalue weighted by Gasteiger charge is -2.31. The van der Waals surface area contributed by atoms with Crippen LogP contribution in [0.1, 0.15) is 34.1 Å². The Balaban J connectivity index is 1.92. The van der Waals surface area contributed by atoms with Crippen molar-refractivity contribution in [2.45, 2.75) is 46.2 Å². The van der Waals surface area contributed by atoms with Crippen LogP contribution in [-0.4, -0.2) is 49.1 Å². The van der Waals surface area contributed by atoms with E-state index in [0.717, 1.165) is 13.0 Å². The van der Waals surface area contributed by atoms with Gasteiger partial charge in [0, 0.05) is 25.2 Å². The van der Waals surface area contributed by atoms with Crippen LogP contribution < -0.4 is 5.32 Å². The number of nitrogens with zero attached hydrogens (tertiary/aromatic N) is 1. The molecule has 0 aliphatic heterocycles. The van der Waals surface area contributed by atoms with E-state index in [9.17, 15) is 9.59 Å². The lowest BCUT2D eigenvalue weighted by molar-refractivity contribution is -0.151. The number of carbonyl (C=O) groups excluding carboxylic acids is 2. The van der Waals surface area contributed by atoms with Crippen molar-refractivity contribution in [1.82, 2.24) is 10.2 Å². The van der Waals surface area contributed by atoms with Crippen LogP contribution in [0.5, 0.6) is 0 Å². The van der Waals surface area contributed by atoms with Gasteiger partial charge in [0.05, 0.1) is 18.9 Å². The molecule has 5 nitrogen and oxygen atoms in total. The minimum atomic E-state index is -0.318. The average Bonchev–Trinajstić information content (AvgIpc) is 3.10. The predicted molar refractivity (Wildman–Crippen MR) is 89.7 cm³/mol. The molecule has 0 unspecified atom stereocenters. The molecule has 2 bridgehead atoms. The standard InChI is InChI=1S/C18H30N2O3/c1-11(2)20(12(3)4)9-8-19-17(21)15-13-6-7-14(10-13)16(15)18(22)23-5/h6-7,11-16H,8-10H2,1-5H3,(H,19,21)/t13-,14+,15-,16+/m1/s1. The summed E-state index contributed by atoms with van der Waals surface area (Å²) in [5.41, 5.74) is 0. The molecule has 1 N–H and O–H groups in total. The van der Waals surface area contributed by atoms with Gasteiger partial charge in [0.25, 0.3) is 0 Å². The summed E-state index contributed by atoms with van der Waals surface area (Å²) in [5.74, 6) is -0.524. The number of methoxy groups -OCH3 is 1. The number of allylic oxidation sites excluding steroid dienone is 2. The molecule has 4 atom stereocenters. The predicted octanol–water partition coefficient (Wildman–Crippen LogP) is 1.83. The van der Waals surface area contributed by atoms with Gasteiger partial charge in [-0.15, -0.1) is 0 Å². The first-order valence-corrected chi connectivity index (χ1v) is 8.66. The Labute approximate surface area is 139 Å². The van der Waals surface area contributed by atoms with Crippen molar-refractivity contribution in [2.24, 2.45) is 23.7 Å². The van der Waals surface area contributed by atoms with E-state index in [1.807, 2.05) is 0 Å². The Hall–Kier alpha value is -1.36. The Bertz CT molecular complexity index is 465. The van der Waals surface area contributed by atoms with Crippen LogP contribution in [0.3, 0.4) is 0 Å². The minimum absolute atomic E-state index is 0.00953. The molecule has 23 heavy (non-hydrogen) atoms. The Morgan fingerprint density at radius 3 is 2.22 bits per heavy atom. The van der Waals surface area contributed by atoms with Crippen molar-refractivity contribution in [3.8, 4) is 0 Å². The molecule has 0 saturated heterocycles. The molecule has 0 aromatic rings. The lowest BCUT2D eigenvalue weighted by atomic mass is 9.82. The van der Waals surface area contributed by atoms with E-state index in [0.29, 0.717) is 18.6 Å². The van der Waals surface area contributed by atoms with Gasteiger partial charge < -0.3 is 10.1 Å². The summed E-state index contributed by atoms with van der Waals surface area (Å²) in [6, 6.07) is 0.889. The molecule has 5 heteroatoms. The third kappa shape index (κ3) is 3.77. The molecule has 0 aromatic carbocycles. The van der Waals surface area contributed by atoms with Crippen molar-refractivity contribution in [3.05, 3.63) is 12.2 Å². The molecule has 2 aliphatic rings. The normalized spacial score (nSPS) is 28.9. The molecular weight excluding hydrogens is 292 g/mol. The van der Waals surface area contributed by atoms with E-state index in [1.54, 1.807) is 0 Å². The van der Waals surface area contributed by atoms with E-state index < -0.39 is 0 Å². The van der Waals surface area contributed by atoms with E-state index in [4.69, 9.17) is 4.74 Å². The monoisotopic (exact) mass is 322 g/mol. The molecule has 2 rings (SSSR count). The smallest absolute Gasteiger partial charge is 0.310 e. The van der Waals surface area contributed by atoms with E-state index in [2.05, 4.69) is 50.1 Å². The van der Waals surface area contributed by atoms with Crippen LogP contribution in [0.15, 0.2) is 12.2 Å². The Morgan fingerprint density at radius 2 is 1.70 bits per heavy atom. The molecule has 2 aliphatic carbocycles. The summed E-state index contributed by atoms with van der Waals surface area (Å²) < 4.78 is 4.91. The van der Waals surface area contributed by atoms with E-state index in [-0.39, 0.29) is 35.5 Å². The van der Waals surface area contributed by atoms with Gasteiger partial charge in [-0.2, -0.15) is 0 Å². The first-order valence-electron chi connectivity index (χ1n) is 8.66. The molecular formula is C18H30N2O3. The number of hydrogen-bond donors (Lipinski definition) is 1. The van der Waals surface area contributed by atoms with Crippen molar-refractivity contribution in [2.75, 3.05) is 20.2 Å². The highest BCUT2D eigenvalue weighted by atomic mass is 16.5. The van der Waals surface area contributed by atoms with E-state index in [1.165, 1.54) is 7.11 Å². The maximum atomic E-state index is 12.6. The number of ether oxygens (including phenoxy) is 1. The molecule has 1 amide bonds. The van der Waals surface area contributed by atoms with Gasteiger partial charge in [-0.3, -0.25) is 14.5 Å². The van der Waals surface area contributed by atoms with Crippen LogP contribution >= 0.6 is 0 Å². The zero-order valence-corrected chi connectivity index (χ0v) is 14.9. The van der Waals surface area contributed by atoms with Crippen LogP contribution in [0.2, 0.25) is 0 Å². The van der Waals surface area contributed by atoms with Crippen molar-refractivity contribution >= 4 is 11.9 Å². The molecule has 1 fully saturated rings. The molecule has 130 valence electrons. The average molecular weight is 322 g/mol. The van der Waals surface area contributed by atoms with Gasteiger partial charge >= 0.3 is 5.97 Å². The van der Waals surface area contributed by atoms with Crippen LogP contribution in [0, 0.1) is 23.7 Å². The van der Waals surface area contributed by atoms with E-state index >= 15 is 0 Å². The largest absolute Gasteiger partial charge is 0.469 e. The van der Waals surface area contributed by atoms with Crippen molar-refractivity contribution < 1.29 is 14.3 Å². The SMILES string of the molecule is COC(=O)[C@@H]1[C@H](C(=O)NCCN(C(C)C)C(C)C)[C@@H]2C=C[C@H]1C2. The summed E-state index contributed by atoms with van der Waals surface area (Å²) in [4.78, 5) is 27.0. The van der Waals surface area contributed by atoms with Gasteiger partial charge in [0.1, 0.15) is 0 Å². The quantitative estimate of drug-likeness (QED) is 0.574. The number of esters is 1. The zero-order valence-electron chi connectivity index (χ0n) is 14.9. The number of carbonyl (C=O) groups is 2. The zero-order chi connectivity index (χ0) is 17.1. The minimum Gasteiger partial charge on any atom is -0.469 e.